The molecule has 0 unspecified atom stereocenters. The van der Waals surface area contributed by atoms with Gasteiger partial charge >= 0.3 is 0 Å². The molecule has 10 aromatic rings. The largest absolute Gasteiger partial charge is 0.0683 e. The molecule has 0 N–H and O–H groups in total. The summed E-state index contributed by atoms with van der Waals surface area (Å²) in [6.07, 6.45) is 0. The lowest BCUT2D eigenvalue weighted by molar-refractivity contribution is 1.50. The van der Waals surface area contributed by atoms with Gasteiger partial charge in [-0.1, -0.05) is 350 Å². The number of hydrogen-bond donors (Lipinski definition) is 0. The summed E-state index contributed by atoms with van der Waals surface area (Å²) in [7, 11) is 0. The van der Waals surface area contributed by atoms with Crippen LogP contribution in [0, 0.1) is 0 Å². The molecule has 0 saturated carbocycles. The van der Waals surface area contributed by atoms with Gasteiger partial charge in [-0.3, -0.25) is 0 Å². The van der Waals surface area contributed by atoms with Gasteiger partial charge in [0.2, 0.25) is 0 Å². The molecule has 0 aliphatic heterocycles. The summed E-state index contributed by atoms with van der Waals surface area (Å²) >= 11 is 0. The van der Waals surface area contributed by atoms with Crippen molar-refractivity contribution in [3.63, 3.8) is 0 Å². The van der Waals surface area contributed by atoms with E-state index in [1.807, 2.05) is 156 Å². The van der Waals surface area contributed by atoms with Gasteiger partial charge < -0.3 is 0 Å². The summed E-state index contributed by atoms with van der Waals surface area (Å²) in [6.45, 7) is 24.0. The first kappa shape index (κ1) is 59.3. The van der Waals surface area contributed by atoms with E-state index < -0.39 is 0 Å². The zero-order valence-corrected chi connectivity index (χ0v) is 41.4. The Morgan fingerprint density at radius 1 is 0.109 bits per heavy atom. The van der Waals surface area contributed by atoms with Crippen molar-refractivity contribution in [1.29, 1.82) is 0 Å². The van der Waals surface area contributed by atoms with Crippen LogP contribution in [0.2, 0.25) is 0 Å². The zero-order chi connectivity index (χ0) is 47.7. The Labute approximate surface area is 391 Å². The number of rotatable bonds is 0. The number of hydrogen-bond acceptors (Lipinski definition) is 0. The second-order valence-corrected chi connectivity index (χ2v) is 11.7. The minimum absolute atomic E-state index is 1.31. The summed E-state index contributed by atoms with van der Waals surface area (Å²) in [6, 6.07) is 90.9. The third-order valence-corrected chi connectivity index (χ3v) is 7.97. The topological polar surface area (TPSA) is 0 Å². The van der Waals surface area contributed by atoms with Crippen molar-refractivity contribution in [1.82, 2.24) is 0 Å². The van der Waals surface area contributed by atoms with Gasteiger partial charge in [-0.2, -0.15) is 0 Å². The van der Waals surface area contributed by atoms with Crippen molar-refractivity contribution in [3.05, 3.63) is 267 Å². The minimum Gasteiger partial charge on any atom is -0.0683 e. The molecule has 0 amide bonds. The fourth-order valence-corrected chi connectivity index (χ4v) is 5.30. The lowest BCUT2D eigenvalue weighted by atomic mass is 10.1. The number of benzene rings is 10. The van der Waals surface area contributed by atoms with Crippen LogP contribution in [0.15, 0.2) is 267 Å². The number of fused-ring (bicyclic) bond motifs is 4. The van der Waals surface area contributed by atoms with E-state index in [9.17, 15) is 0 Å². The third kappa shape index (κ3) is 27.2. The molecule has 0 fully saturated rings. The van der Waals surface area contributed by atoms with E-state index in [-0.39, 0.29) is 0 Å². The van der Waals surface area contributed by atoms with E-state index in [2.05, 4.69) is 194 Å². The Kier molecular flexibility index (Phi) is 42.4. The zero-order valence-electron chi connectivity index (χ0n) is 41.4. The van der Waals surface area contributed by atoms with Crippen LogP contribution < -0.4 is 0 Å². The van der Waals surface area contributed by atoms with Crippen LogP contribution in [0.4, 0.5) is 0 Å². The molecular weight excluding hydrogens is 769 g/mol. The van der Waals surface area contributed by atoms with Crippen LogP contribution in [-0.4, -0.2) is 0 Å². The molecule has 0 saturated heterocycles. The Balaban J connectivity index is 0. The highest BCUT2D eigenvalue weighted by Crippen LogP contribution is 2.13. The van der Waals surface area contributed by atoms with Crippen molar-refractivity contribution < 1.29 is 0 Å². The van der Waals surface area contributed by atoms with Crippen LogP contribution in [-0.2, 0) is 0 Å². The molecule has 0 heterocycles. The molecule has 0 aliphatic rings. The maximum absolute atomic E-state index is 2.12. The maximum Gasteiger partial charge on any atom is -0.0184 e. The van der Waals surface area contributed by atoms with Gasteiger partial charge in [0.05, 0.1) is 0 Å². The van der Waals surface area contributed by atoms with E-state index in [1.54, 1.807) is 0 Å². The van der Waals surface area contributed by atoms with E-state index in [0.29, 0.717) is 0 Å². The molecule has 0 heteroatoms. The SMILES string of the molecule is CC.CC.CC.CC.CC.CC.c1ccc2ccccc2c1.c1ccc2ccccc2c1.c1ccc2ccccc2c1.c1ccc2ccccc2c1.c1ccccc1.c1ccccc1. The first-order valence-corrected chi connectivity index (χ1v) is 23.6. The maximum atomic E-state index is 2.12. The van der Waals surface area contributed by atoms with Gasteiger partial charge in [-0.15, -0.1) is 0 Å². The van der Waals surface area contributed by atoms with Crippen LogP contribution >= 0.6 is 0 Å². The Hall–Kier alpha value is -6.76. The summed E-state index contributed by atoms with van der Waals surface area (Å²) in [5, 5.41) is 10.5. The first-order valence-electron chi connectivity index (χ1n) is 23.6. The average Bonchev–Trinajstić information content (AvgIpc) is 3.44. The van der Waals surface area contributed by atoms with Crippen molar-refractivity contribution in [3.8, 4) is 0 Å². The third-order valence-electron chi connectivity index (χ3n) is 7.97. The van der Waals surface area contributed by atoms with Crippen LogP contribution in [0.5, 0.6) is 0 Å². The minimum atomic E-state index is 1.31. The van der Waals surface area contributed by atoms with Crippen LogP contribution in [0.3, 0.4) is 0 Å². The van der Waals surface area contributed by atoms with Gasteiger partial charge in [0, 0.05) is 0 Å². The first-order chi connectivity index (χ1) is 31.9. The molecular formula is C64H80. The Bertz CT molecular complexity index is 1780. The van der Waals surface area contributed by atoms with Crippen molar-refractivity contribution in [2.75, 3.05) is 0 Å². The van der Waals surface area contributed by atoms with Gasteiger partial charge in [0.1, 0.15) is 0 Å². The normalized spacial score (nSPS) is 8.31. The molecule has 0 aliphatic carbocycles. The molecule has 0 nitrogen and oxygen atoms in total. The van der Waals surface area contributed by atoms with Gasteiger partial charge in [-0.25, -0.2) is 0 Å². The molecule has 336 valence electrons. The molecule has 0 spiro atoms. The van der Waals surface area contributed by atoms with Gasteiger partial charge in [0.15, 0.2) is 0 Å². The van der Waals surface area contributed by atoms with Gasteiger partial charge in [0.25, 0.3) is 0 Å². The lowest BCUT2D eigenvalue weighted by Gasteiger charge is -1.92. The molecule has 0 bridgehead atoms. The molecule has 0 aromatic heterocycles. The fraction of sp³-hybridized carbons (Fsp3) is 0.188. The Morgan fingerprint density at radius 3 is 0.234 bits per heavy atom. The highest BCUT2D eigenvalue weighted by molar-refractivity contribution is 5.84. The molecule has 0 radical (unpaired) electrons. The summed E-state index contributed by atoms with van der Waals surface area (Å²) < 4.78 is 0. The summed E-state index contributed by atoms with van der Waals surface area (Å²) in [5.41, 5.74) is 0. The fourth-order valence-electron chi connectivity index (χ4n) is 5.30. The van der Waals surface area contributed by atoms with E-state index in [0.717, 1.165) is 0 Å². The molecule has 0 atom stereocenters. The monoisotopic (exact) mass is 849 g/mol. The van der Waals surface area contributed by atoms with Crippen molar-refractivity contribution in [2.45, 2.75) is 83.1 Å². The average molecular weight is 849 g/mol. The molecule has 10 aromatic carbocycles. The lowest BCUT2D eigenvalue weighted by Crippen LogP contribution is -1.67. The summed E-state index contributed by atoms with van der Waals surface area (Å²) in [5.74, 6) is 0. The molecule has 64 heavy (non-hydrogen) atoms. The highest BCUT2D eigenvalue weighted by atomic mass is 13.9. The quantitative estimate of drug-likeness (QED) is 0.143. The predicted octanol–water partition coefficient (Wildman–Crippen LogP) is 20.9. The van der Waals surface area contributed by atoms with E-state index in [1.165, 1.54) is 43.1 Å². The Morgan fingerprint density at radius 2 is 0.172 bits per heavy atom. The van der Waals surface area contributed by atoms with Crippen molar-refractivity contribution >= 4 is 43.1 Å². The highest BCUT2D eigenvalue weighted by Gasteiger charge is 1.88. The summed E-state index contributed by atoms with van der Waals surface area (Å²) in [4.78, 5) is 0. The van der Waals surface area contributed by atoms with Gasteiger partial charge in [-0.05, 0) is 43.1 Å². The van der Waals surface area contributed by atoms with Crippen molar-refractivity contribution in [2.24, 2.45) is 0 Å². The molecule has 10 rings (SSSR count). The predicted molar refractivity (Wildman–Crippen MR) is 297 cm³/mol. The van der Waals surface area contributed by atoms with E-state index >= 15 is 0 Å². The standard InChI is InChI=1S/4C10H8.2C6H6.6C2H6/c4*1-2-6-10-8-4-3-7-9(10)5-1;2*1-2-4-6-5-3-1;6*1-2/h4*1-8H;2*1-6H;6*1-2H3. The second kappa shape index (κ2) is 45.8. The van der Waals surface area contributed by atoms with Crippen LogP contribution in [0.25, 0.3) is 43.1 Å². The second-order valence-electron chi connectivity index (χ2n) is 11.7. The van der Waals surface area contributed by atoms with E-state index in [4.69, 9.17) is 0 Å². The van der Waals surface area contributed by atoms with Crippen LogP contribution in [0.1, 0.15) is 83.1 Å². The smallest absolute Gasteiger partial charge is 0.0184 e.